The van der Waals surface area contributed by atoms with Crippen LogP contribution < -0.4 is 0 Å². The molecule has 0 aromatic carbocycles. The van der Waals surface area contributed by atoms with Crippen LogP contribution in [0.3, 0.4) is 0 Å². The molecule has 0 heterocycles. The van der Waals surface area contributed by atoms with Crippen LogP contribution in [0, 0.1) is 12.3 Å². The van der Waals surface area contributed by atoms with E-state index >= 15 is 0 Å². The molecule has 0 nitrogen and oxygen atoms in total. The van der Waals surface area contributed by atoms with Crippen LogP contribution >= 0.6 is 11.8 Å². The molecule has 0 bridgehead atoms. The summed E-state index contributed by atoms with van der Waals surface area (Å²) in [6.45, 7) is 4.22. The quantitative estimate of drug-likeness (QED) is 0.525. The summed E-state index contributed by atoms with van der Waals surface area (Å²) in [6.07, 6.45) is 6.36. The van der Waals surface area contributed by atoms with Gasteiger partial charge in [-0.2, -0.15) is 0 Å². The highest BCUT2D eigenvalue weighted by Crippen LogP contribution is 2.08. The van der Waals surface area contributed by atoms with Gasteiger partial charge < -0.3 is 0 Å². The van der Waals surface area contributed by atoms with E-state index < -0.39 is 0 Å². The summed E-state index contributed by atoms with van der Waals surface area (Å²) in [6, 6.07) is 0. The Bertz CT molecular complexity index is 80.9. The zero-order chi connectivity index (χ0) is 6.41. The van der Waals surface area contributed by atoms with Crippen LogP contribution in [0.2, 0.25) is 0 Å². The normalized spacial score (nSPS) is 12.6. The van der Waals surface area contributed by atoms with Gasteiger partial charge in [0, 0.05) is 0 Å². The summed E-state index contributed by atoms with van der Waals surface area (Å²) in [7, 11) is 0. The molecule has 0 saturated carbocycles. The molecule has 8 heavy (non-hydrogen) atoms. The van der Waals surface area contributed by atoms with Gasteiger partial charge in [0.25, 0.3) is 0 Å². The molecule has 0 aliphatic heterocycles. The summed E-state index contributed by atoms with van der Waals surface area (Å²) in [5, 5.41) is 0.398. The van der Waals surface area contributed by atoms with E-state index in [0.29, 0.717) is 5.25 Å². The molecule has 0 aromatic heterocycles. The second-order valence-corrected chi connectivity index (χ2v) is 3.13. The Balaban J connectivity index is 3.02. The Morgan fingerprint density at radius 1 is 1.75 bits per heavy atom. The first-order chi connectivity index (χ1) is 3.81. The molecule has 0 radical (unpaired) electrons. The molecule has 1 heteroatoms. The lowest BCUT2D eigenvalue weighted by Crippen LogP contribution is -1.90. The van der Waals surface area contributed by atoms with Crippen LogP contribution in [0.15, 0.2) is 0 Å². The third-order valence-electron chi connectivity index (χ3n) is 0.807. The molecule has 1 unspecified atom stereocenters. The van der Waals surface area contributed by atoms with Crippen molar-refractivity contribution in [2.75, 3.05) is 5.75 Å². The first kappa shape index (κ1) is 7.91. The van der Waals surface area contributed by atoms with Crippen molar-refractivity contribution >= 4 is 11.8 Å². The summed E-state index contributed by atoms with van der Waals surface area (Å²) in [5.74, 6) is 3.85. The molecule has 0 saturated heterocycles. The Morgan fingerprint density at radius 3 is 2.75 bits per heavy atom. The zero-order valence-corrected chi connectivity index (χ0v) is 6.29. The van der Waals surface area contributed by atoms with Crippen molar-refractivity contribution in [1.82, 2.24) is 0 Å². The van der Waals surface area contributed by atoms with Crippen molar-refractivity contribution in [1.29, 1.82) is 0 Å². The highest BCUT2D eigenvalue weighted by atomic mass is 32.2. The molecule has 0 rings (SSSR count). The van der Waals surface area contributed by atoms with Gasteiger partial charge in [-0.15, -0.1) is 18.2 Å². The fourth-order valence-electron chi connectivity index (χ4n) is 0.343. The van der Waals surface area contributed by atoms with Gasteiger partial charge >= 0.3 is 0 Å². The van der Waals surface area contributed by atoms with Crippen molar-refractivity contribution < 1.29 is 0 Å². The van der Waals surface area contributed by atoms with Gasteiger partial charge in [0.2, 0.25) is 0 Å². The van der Waals surface area contributed by atoms with Gasteiger partial charge in [0.1, 0.15) is 0 Å². The number of hydrogen-bond donors (Lipinski definition) is 0. The van der Waals surface area contributed by atoms with E-state index in [9.17, 15) is 0 Å². The van der Waals surface area contributed by atoms with E-state index in [-0.39, 0.29) is 0 Å². The van der Waals surface area contributed by atoms with Crippen molar-refractivity contribution in [2.24, 2.45) is 0 Å². The average Bonchev–Trinajstić information content (AvgIpc) is 1.83. The molecular weight excluding hydrogens is 116 g/mol. The maximum atomic E-state index is 5.14. The third kappa shape index (κ3) is 4.08. The fraction of sp³-hybridized carbons (Fsp3) is 0.714. The van der Waals surface area contributed by atoms with Gasteiger partial charge in [0.15, 0.2) is 0 Å². The van der Waals surface area contributed by atoms with Crippen molar-refractivity contribution in [3.8, 4) is 12.3 Å². The fourth-order valence-corrected chi connectivity index (χ4v) is 1.03. The van der Waals surface area contributed by atoms with Crippen LogP contribution in [0.1, 0.15) is 20.3 Å². The minimum absolute atomic E-state index is 0.398. The molecule has 0 aliphatic rings. The van der Waals surface area contributed by atoms with E-state index in [2.05, 4.69) is 19.8 Å². The predicted octanol–water partition coefficient (Wildman–Crippen LogP) is 2.15. The lowest BCUT2D eigenvalue weighted by molar-refractivity contribution is 1.10. The second kappa shape index (κ2) is 5.05. The molecule has 0 aromatic rings. The van der Waals surface area contributed by atoms with Crippen molar-refractivity contribution in [2.45, 2.75) is 25.5 Å². The standard InChI is InChI=1S/C7H12S/c1-4-6-8-7(3)5-2/h2,7H,4,6H2,1,3H3. The molecule has 0 spiro atoms. The summed E-state index contributed by atoms with van der Waals surface area (Å²) in [5.41, 5.74) is 0. The van der Waals surface area contributed by atoms with Crippen molar-refractivity contribution in [3.05, 3.63) is 0 Å². The van der Waals surface area contributed by atoms with Gasteiger partial charge in [-0.05, 0) is 19.1 Å². The van der Waals surface area contributed by atoms with Gasteiger partial charge in [0.05, 0.1) is 5.25 Å². The second-order valence-electron chi connectivity index (χ2n) is 1.68. The van der Waals surface area contributed by atoms with Gasteiger partial charge in [-0.3, -0.25) is 0 Å². The van der Waals surface area contributed by atoms with Crippen LogP contribution in [-0.2, 0) is 0 Å². The van der Waals surface area contributed by atoms with E-state index in [0.717, 1.165) is 0 Å². The number of hydrogen-bond acceptors (Lipinski definition) is 1. The van der Waals surface area contributed by atoms with Crippen molar-refractivity contribution in [3.63, 3.8) is 0 Å². The third-order valence-corrected chi connectivity index (χ3v) is 2.09. The van der Waals surface area contributed by atoms with Crippen LogP contribution in [-0.4, -0.2) is 11.0 Å². The van der Waals surface area contributed by atoms with E-state index in [4.69, 9.17) is 6.42 Å². The van der Waals surface area contributed by atoms with Crippen LogP contribution in [0.25, 0.3) is 0 Å². The molecule has 1 atom stereocenters. The summed E-state index contributed by atoms with van der Waals surface area (Å²) >= 11 is 1.84. The maximum absolute atomic E-state index is 5.14. The first-order valence-electron chi connectivity index (χ1n) is 2.89. The average molecular weight is 128 g/mol. The number of thioether (sulfide) groups is 1. The largest absolute Gasteiger partial charge is 0.146 e. The monoisotopic (exact) mass is 128 g/mol. The minimum atomic E-state index is 0.398. The van der Waals surface area contributed by atoms with E-state index in [1.165, 1.54) is 12.2 Å². The molecule has 0 aliphatic carbocycles. The minimum Gasteiger partial charge on any atom is -0.146 e. The maximum Gasteiger partial charge on any atom is 0.0626 e. The number of rotatable bonds is 3. The molecule has 0 N–H and O–H groups in total. The first-order valence-corrected chi connectivity index (χ1v) is 3.93. The molecular formula is C7H12S. The SMILES string of the molecule is C#CC(C)SCCC. The predicted molar refractivity (Wildman–Crippen MR) is 41.0 cm³/mol. The Morgan fingerprint density at radius 2 is 2.38 bits per heavy atom. The van der Waals surface area contributed by atoms with E-state index in [1.807, 2.05) is 11.8 Å². The summed E-state index contributed by atoms with van der Waals surface area (Å²) in [4.78, 5) is 0. The Kier molecular flexibility index (Phi) is 5.00. The highest BCUT2D eigenvalue weighted by molar-refractivity contribution is 8.00. The lowest BCUT2D eigenvalue weighted by atomic mass is 10.5. The van der Waals surface area contributed by atoms with Gasteiger partial charge in [-0.1, -0.05) is 12.8 Å². The van der Waals surface area contributed by atoms with Gasteiger partial charge in [-0.25, -0.2) is 0 Å². The highest BCUT2D eigenvalue weighted by Gasteiger charge is 1.92. The Labute approximate surface area is 56.1 Å². The Hall–Kier alpha value is -0.0900. The lowest BCUT2D eigenvalue weighted by Gasteiger charge is -1.98. The molecule has 46 valence electrons. The van der Waals surface area contributed by atoms with Crippen LogP contribution in [0.4, 0.5) is 0 Å². The zero-order valence-electron chi connectivity index (χ0n) is 5.48. The van der Waals surface area contributed by atoms with Crippen LogP contribution in [0.5, 0.6) is 0 Å². The smallest absolute Gasteiger partial charge is 0.0626 e. The van der Waals surface area contributed by atoms with E-state index in [1.54, 1.807) is 0 Å². The topological polar surface area (TPSA) is 0 Å². The summed E-state index contributed by atoms with van der Waals surface area (Å²) < 4.78 is 0. The molecule has 0 fully saturated rings. The number of terminal acetylenes is 1. The molecule has 0 amide bonds.